The van der Waals surface area contributed by atoms with Gasteiger partial charge in [-0.05, 0) is 47.7 Å². The molecule has 0 unspecified atom stereocenters. The molecule has 1 atom stereocenters. The molecule has 8 heteroatoms. The fraction of sp³-hybridized carbons (Fsp3) is 0.417. The Bertz CT molecular complexity index is 909. The Morgan fingerprint density at radius 1 is 1.06 bits per heavy atom. The summed E-state index contributed by atoms with van der Waals surface area (Å²) >= 11 is 13.6. The van der Waals surface area contributed by atoms with Gasteiger partial charge < -0.3 is 10.2 Å². The molecule has 0 saturated heterocycles. The first kappa shape index (κ1) is 26.5. The number of hydrogen-bond acceptors (Lipinski definition) is 3. The second-order valence-corrected chi connectivity index (χ2v) is 9.75. The molecule has 0 aliphatic carbocycles. The van der Waals surface area contributed by atoms with Crippen molar-refractivity contribution >= 4 is 46.8 Å². The third-order valence-corrected chi connectivity index (χ3v) is 6.54. The molecule has 0 aliphatic rings. The summed E-state index contributed by atoms with van der Waals surface area (Å²) in [4.78, 5) is 27.7. The van der Waals surface area contributed by atoms with Gasteiger partial charge in [-0.25, -0.2) is 4.39 Å². The van der Waals surface area contributed by atoms with Crippen molar-refractivity contribution in [1.82, 2.24) is 10.2 Å². The van der Waals surface area contributed by atoms with Crippen molar-refractivity contribution in [2.75, 3.05) is 12.3 Å². The van der Waals surface area contributed by atoms with Gasteiger partial charge in [-0.2, -0.15) is 0 Å². The monoisotopic (exact) mass is 498 g/mol. The van der Waals surface area contributed by atoms with Crippen LogP contribution in [0.1, 0.15) is 38.3 Å². The molecule has 32 heavy (non-hydrogen) atoms. The highest BCUT2D eigenvalue weighted by Crippen LogP contribution is 2.24. The van der Waals surface area contributed by atoms with Crippen LogP contribution in [0.15, 0.2) is 42.5 Å². The lowest BCUT2D eigenvalue weighted by Crippen LogP contribution is -2.50. The van der Waals surface area contributed by atoms with E-state index in [-0.39, 0.29) is 29.9 Å². The van der Waals surface area contributed by atoms with Crippen LogP contribution < -0.4 is 5.32 Å². The lowest BCUT2D eigenvalue weighted by Gasteiger charge is -2.31. The van der Waals surface area contributed by atoms with Gasteiger partial charge in [-0.1, -0.05) is 62.2 Å². The highest BCUT2D eigenvalue weighted by Gasteiger charge is 2.28. The van der Waals surface area contributed by atoms with Crippen LogP contribution in [0.4, 0.5) is 4.39 Å². The van der Waals surface area contributed by atoms with Crippen molar-refractivity contribution in [3.8, 4) is 0 Å². The molecule has 0 saturated carbocycles. The summed E-state index contributed by atoms with van der Waals surface area (Å²) in [5, 5.41) is 3.78. The van der Waals surface area contributed by atoms with Gasteiger partial charge >= 0.3 is 0 Å². The van der Waals surface area contributed by atoms with Gasteiger partial charge in [0.1, 0.15) is 11.9 Å². The predicted molar refractivity (Wildman–Crippen MR) is 132 cm³/mol. The summed E-state index contributed by atoms with van der Waals surface area (Å²) in [6.45, 7) is 6.72. The highest BCUT2D eigenvalue weighted by atomic mass is 35.5. The lowest BCUT2D eigenvalue weighted by atomic mass is 10.1. The van der Waals surface area contributed by atoms with E-state index in [9.17, 15) is 14.0 Å². The summed E-state index contributed by atoms with van der Waals surface area (Å²) < 4.78 is 13.1. The van der Waals surface area contributed by atoms with Crippen molar-refractivity contribution in [2.24, 2.45) is 5.92 Å². The Kier molecular flexibility index (Phi) is 10.8. The second-order valence-electron chi connectivity index (χ2n) is 7.95. The Morgan fingerprint density at radius 2 is 1.72 bits per heavy atom. The van der Waals surface area contributed by atoms with E-state index in [2.05, 4.69) is 5.32 Å². The van der Waals surface area contributed by atoms with Gasteiger partial charge in [-0.15, -0.1) is 11.8 Å². The first-order valence-electron chi connectivity index (χ1n) is 10.5. The van der Waals surface area contributed by atoms with Crippen molar-refractivity contribution in [3.63, 3.8) is 0 Å². The van der Waals surface area contributed by atoms with Crippen LogP contribution in [0.2, 0.25) is 10.0 Å². The maximum absolute atomic E-state index is 13.2. The number of nitrogens with zero attached hydrogens (tertiary/aromatic N) is 1. The molecule has 0 aromatic heterocycles. The number of amides is 2. The second kappa shape index (κ2) is 13.1. The molecule has 0 bridgehead atoms. The Balaban J connectivity index is 2.14. The number of rotatable bonds is 11. The van der Waals surface area contributed by atoms with E-state index in [0.29, 0.717) is 34.7 Å². The zero-order valence-corrected chi connectivity index (χ0v) is 20.9. The topological polar surface area (TPSA) is 49.4 Å². The van der Waals surface area contributed by atoms with Gasteiger partial charge in [0.05, 0.1) is 15.8 Å². The smallest absolute Gasteiger partial charge is 0.242 e. The van der Waals surface area contributed by atoms with Crippen LogP contribution in [0.5, 0.6) is 0 Å². The summed E-state index contributed by atoms with van der Waals surface area (Å²) in [7, 11) is 0. The summed E-state index contributed by atoms with van der Waals surface area (Å²) in [5.41, 5.74) is 1.73. The molecule has 0 heterocycles. The number of hydrogen-bond donors (Lipinski definition) is 1. The Morgan fingerprint density at radius 3 is 2.31 bits per heavy atom. The molecule has 2 rings (SSSR count). The minimum Gasteiger partial charge on any atom is -0.354 e. The standard InChI is InChI=1S/C24H29Cl2FN2O2S/c1-4-22(24(31)28-12-16(2)3)29(13-18-7-10-20(25)21(26)11-18)23(30)15-32-14-17-5-8-19(27)9-6-17/h5-11,16,22H,4,12-15H2,1-3H3,(H,28,31)/t22-/m1/s1. The number of nitrogens with one attached hydrogen (secondary N) is 1. The van der Waals surface area contributed by atoms with Crippen molar-refractivity contribution < 1.29 is 14.0 Å². The van der Waals surface area contributed by atoms with Gasteiger partial charge in [-0.3, -0.25) is 9.59 Å². The maximum Gasteiger partial charge on any atom is 0.242 e. The van der Waals surface area contributed by atoms with Crippen molar-refractivity contribution in [3.05, 3.63) is 69.5 Å². The number of carbonyl (C=O) groups excluding carboxylic acids is 2. The molecular formula is C24H29Cl2FN2O2S. The van der Waals surface area contributed by atoms with Gasteiger partial charge in [0.15, 0.2) is 0 Å². The number of carbonyl (C=O) groups is 2. The zero-order chi connectivity index (χ0) is 23.7. The van der Waals surface area contributed by atoms with Crippen LogP contribution in [0.25, 0.3) is 0 Å². The van der Waals surface area contributed by atoms with Crippen molar-refractivity contribution in [1.29, 1.82) is 0 Å². The average molecular weight is 499 g/mol. The molecule has 4 nitrogen and oxygen atoms in total. The van der Waals surface area contributed by atoms with Crippen LogP contribution in [-0.2, 0) is 21.9 Å². The van der Waals surface area contributed by atoms with Gasteiger partial charge in [0.2, 0.25) is 11.8 Å². The quantitative estimate of drug-likeness (QED) is 0.416. The third-order valence-electron chi connectivity index (χ3n) is 4.81. The normalized spacial score (nSPS) is 12.0. The number of benzene rings is 2. The summed E-state index contributed by atoms with van der Waals surface area (Å²) in [6, 6.07) is 10.8. The molecule has 2 amide bonds. The fourth-order valence-electron chi connectivity index (χ4n) is 3.10. The van der Waals surface area contributed by atoms with E-state index in [1.54, 1.807) is 35.2 Å². The highest BCUT2D eigenvalue weighted by molar-refractivity contribution is 7.99. The summed E-state index contributed by atoms with van der Waals surface area (Å²) in [6.07, 6.45) is 0.486. The molecular weight excluding hydrogens is 470 g/mol. The molecule has 0 radical (unpaired) electrons. The van der Waals surface area contributed by atoms with Crippen LogP contribution in [-0.4, -0.2) is 35.1 Å². The minimum atomic E-state index is -0.595. The van der Waals surface area contributed by atoms with E-state index in [1.165, 1.54) is 23.9 Å². The molecule has 0 spiro atoms. The lowest BCUT2D eigenvalue weighted by molar-refractivity contribution is -0.139. The molecule has 0 aliphatic heterocycles. The minimum absolute atomic E-state index is 0.144. The number of halogens is 3. The van der Waals surface area contributed by atoms with E-state index in [4.69, 9.17) is 23.2 Å². The Hall–Kier alpha value is -1.76. The molecule has 2 aromatic carbocycles. The first-order valence-corrected chi connectivity index (χ1v) is 12.5. The Labute approximate surface area is 203 Å². The molecule has 2 aromatic rings. The maximum atomic E-state index is 13.2. The van der Waals surface area contributed by atoms with Crippen LogP contribution in [0.3, 0.4) is 0 Å². The van der Waals surface area contributed by atoms with Crippen LogP contribution in [0, 0.1) is 11.7 Å². The summed E-state index contributed by atoms with van der Waals surface area (Å²) in [5.74, 6) is 0.478. The fourth-order valence-corrected chi connectivity index (χ4v) is 4.29. The number of thioether (sulfide) groups is 1. The predicted octanol–water partition coefficient (Wildman–Crippen LogP) is 5.95. The largest absolute Gasteiger partial charge is 0.354 e. The SMILES string of the molecule is CC[C@H](C(=O)NCC(C)C)N(Cc1ccc(Cl)c(Cl)c1)C(=O)CSCc1ccc(F)cc1. The van der Waals surface area contributed by atoms with Crippen molar-refractivity contribution in [2.45, 2.75) is 45.5 Å². The van der Waals surface area contributed by atoms with E-state index >= 15 is 0 Å². The van der Waals surface area contributed by atoms with E-state index in [1.807, 2.05) is 20.8 Å². The zero-order valence-electron chi connectivity index (χ0n) is 18.5. The van der Waals surface area contributed by atoms with E-state index in [0.717, 1.165) is 11.1 Å². The molecule has 0 fully saturated rings. The average Bonchev–Trinajstić information content (AvgIpc) is 2.75. The molecule has 1 N–H and O–H groups in total. The van der Waals surface area contributed by atoms with Crippen LogP contribution >= 0.6 is 35.0 Å². The van der Waals surface area contributed by atoms with Gasteiger partial charge in [0.25, 0.3) is 0 Å². The molecule has 174 valence electrons. The van der Waals surface area contributed by atoms with Gasteiger partial charge in [0, 0.05) is 18.8 Å². The first-order chi connectivity index (χ1) is 15.2. The third kappa shape index (κ3) is 8.30. The van der Waals surface area contributed by atoms with E-state index < -0.39 is 6.04 Å².